The number of fused-ring (bicyclic) bond motifs is 1. The average Bonchev–Trinajstić information content (AvgIpc) is 2.88. The number of ether oxygens (including phenoxy) is 1. The number of methoxy groups -OCH3 is 1. The minimum atomic E-state index is 0.0162. The molecule has 2 heterocycles. The van der Waals surface area contributed by atoms with Gasteiger partial charge in [-0.15, -0.1) is 11.8 Å². The summed E-state index contributed by atoms with van der Waals surface area (Å²) in [5.74, 6) is 2.54. The van der Waals surface area contributed by atoms with E-state index in [1.54, 1.807) is 25.2 Å². The smallest absolute Gasteiger partial charge is 0.235 e. The number of thioether (sulfide) groups is 1. The van der Waals surface area contributed by atoms with Crippen LogP contribution in [0.3, 0.4) is 0 Å². The minimum Gasteiger partial charge on any atom is -0.497 e. The van der Waals surface area contributed by atoms with Crippen LogP contribution in [0.2, 0.25) is 0 Å². The summed E-state index contributed by atoms with van der Waals surface area (Å²) in [5, 5.41) is 3.17. The summed E-state index contributed by atoms with van der Waals surface area (Å²) >= 11 is 1.69. The van der Waals surface area contributed by atoms with Crippen molar-refractivity contribution in [2.75, 3.05) is 18.2 Å². The van der Waals surface area contributed by atoms with Crippen molar-refractivity contribution in [2.24, 2.45) is 5.92 Å². The lowest BCUT2D eigenvalue weighted by Crippen LogP contribution is -2.12. The third kappa shape index (κ3) is 3.37. The third-order valence-corrected chi connectivity index (χ3v) is 5.07. The number of rotatable bonds is 4. The first-order valence-electron chi connectivity index (χ1n) is 7.71. The molecule has 0 spiro atoms. The number of anilines is 1. The summed E-state index contributed by atoms with van der Waals surface area (Å²) in [7, 11) is 1.66. The van der Waals surface area contributed by atoms with Crippen LogP contribution in [0.4, 0.5) is 5.82 Å². The molecule has 1 N–H and O–H groups in total. The predicted octanol–water partition coefficient (Wildman–Crippen LogP) is 3.65. The van der Waals surface area contributed by atoms with E-state index in [0.717, 1.165) is 23.6 Å². The standard InChI is InChI=1S/C17H21N3O2S/c1-11(2)8-14-16-17(19-15(21)9-23-14)18-10-20(16)12-4-6-13(22-3)7-5-12/h4-7,10-11,14H,8-9H2,1-3H3,(H,19,21)/t14-/m0/s1. The first-order valence-corrected chi connectivity index (χ1v) is 8.76. The number of imidazole rings is 1. The molecular formula is C17H21N3O2S. The van der Waals surface area contributed by atoms with Crippen LogP contribution in [-0.2, 0) is 4.79 Å². The highest BCUT2D eigenvalue weighted by Gasteiger charge is 2.28. The molecule has 0 bridgehead atoms. The lowest BCUT2D eigenvalue weighted by atomic mass is 10.1. The van der Waals surface area contributed by atoms with Gasteiger partial charge in [0.05, 0.1) is 18.6 Å². The normalized spacial score (nSPS) is 17.6. The first-order chi connectivity index (χ1) is 11.1. The van der Waals surface area contributed by atoms with Gasteiger partial charge in [0, 0.05) is 10.9 Å². The van der Waals surface area contributed by atoms with E-state index in [2.05, 4.69) is 28.7 Å². The van der Waals surface area contributed by atoms with Crippen molar-refractivity contribution in [3.8, 4) is 11.4 Å². The van der Waals surface area contributed by atoms with Gasteiger partial charge in [-0.3, -0.25) is 9.36 Å². The molecular weight excluding hydrogens is 310 g/mol. The number of carbonyl (C=O) groups is 1. The number of aromatic nitrogens is 2. The molecule has 0 unspecified atom stereocenters. The fraction of sp³-hybridized carbons (Fsp3) is 0.412. The highest BCUT2D eigenvalue weighted by molar-refractivity contribution is 8.00. The molecule has 1 aromatic carbocycles. The van der Waals surface area contributed by atoms with Crippen molar-refractivity contribution < 1.29 is 9.53 Å². The van der Waals surface area contributed by atoms with Crippen LogP contribution in [0.25, 0.3) is 5.69 Å². The van der Waals surface area contributed by atoms with Gasteiger partial charge in [0.25, 0.3) is 0 Å². The Morgan fingerprint density at radius 1 is 1.39 bits per heavy atom. The van der Waals surface area contributed by atoms with E-state index in [4.69, 9.17) is 4.74 Å². The second kappa shape index (κ2) is 6.66. The number of nitrogens with zero attached hydrogens (tertiary/aromatic N) is 2. The summed E-state index contributed by atoms with van der Waals surface area (Å²) in [6.07, 6.45) is 2.79. The van der Waals surface area contributed by atoms with Gasteiger partial charge in [0.2, 0.25) is 5.91 Å². The Hall–Kier alpha value is -1.95. The van der Waals surface area contributed by atoms with Crippen molar-refractivity contribution in [1.82, 2.24) is 9.55 Å². The molecule has 6 heteroatoms. The van der Waals surface area contributed by atoms with Gasteiger partial charge in [-0.25, -0.2) is 4.98 Å². The molecule has 3 rings (SSSR count). The second-order valence-corrected chi connectivity index (χ2v) is 7.21. The van der Waals surface area contributed by atoms with Crippen LogP contribution in [-0.4, -0.2) is 28.3 Å². The lowest BCUT2D eigenvalue weighted by molar-refractivity contribution is -0.113. The van der Waals surface area contributed by atoms with Gasteiger partial charge < -0.3 is 10.1 Å². The maximum Gasteiger partial charge on any atom is 0.235 e. The van der Waals surface area contributed by atoms with E-state index in [-0.39, 0.29) is 11.2 Å². The topological polar surface area (TPSA) is 56.2 Å². The van der Waals surface area contributed by atoms with E-state index >= 15 is 0 Å². The summed E-state index contributed by atoms with van der Waals surface area (Å²) in [6, 6.07) is 7.87. The summed E-state index contributed by atoms with van der Waals surface area (Å²) in [5.41, 5.74) is 2.09. The van der Waals surface area contributed by atoms with Crippen LogP contribution in [0.1, 0.15) is 31.2 Å². The molecule has 2 aromatic rings. The van der Waals surface area contributed by atoms with Gasteiger partial charge in [0.15, 0.2) is 5.82 Å². The van der Waals surface area contributed by atoms with E-state index in [0.29, 0.717) is 17.5 Å². The van der Waals surface area contributed by atoms with Crippen LogP contribution in [0.15, 0.2) is 30.6 Å². The van der Waals surface area contributed by atoms with Gasteiger partial charge in [-0.05, 0) is 36.6 Å². The molecule has 1 amide bonds. The Bertz CT molecular complexity index is 694. The third-order valence-electron chi connectivity index (χ3n) is 3.82. The number of amides is 1. The molecule has 0 aliphatic carbocycles. The maximum absolute atomic E-state index is 11.9. The zero-order chi connectivity index (χ0) is 16.4. The van der Waals surface area contributed by atoms with Crippen molar-refractivity contribution >= 4 is 23.5 Å². The van der Waals surface area contributed by atoms with Crippen LogP contribution in [0.5, 0.6) is 5.75 Å². The highest BCUT2D eigenvalue weighted by Crippen LogP contribution is 2.41. The summed E-state index contributed by atoms with van der Waals surface area (Å²) in [4.78, 5) is 16.3. The molecule has 1 atom stereocenters. The molecule has 0 saturated heterocycles. The monoisotopic (exact) mass is 331 g/mol. The fourth-order valence-electron chi connectivity index (χ4n) is 2.74. The lowest BCUT2D eigenvalue weighted by Gasteiger charge is -2.19. The zero-order valence-electron chi connectivity index (χ0n) is 13.6. The highest BCUT2D eigenvalue weighted by atomic mass is 32.2. The van der Waals surface area contributed by atoms with Crippen molar-refractivity contribution in [1.29, 1.82) is 0 Å². The molecule has 1 aromatic heterocycles. The molecule has 0 fully saturated rings. The van der Waals surface area contributed by atoms with Crippen LogP contribution in [0, 0.1) is 5.92 Å². The van der Waals surface area contributed by atoms with Crippen LogP contribution < -0.4 is 10.1 Å². The summed E-state index contributed by atoms with van der Waals surface area (Å²) < 4.78 is 7.29. The second-order valence-electron chi connectivity index (χ2n) is 6.02. The molecule has 1 aliphatic rings. The molecule has 23 heavy (non-hydrogen) atoms. The SMILES string of the molecule is COc1ccc(-n2cnc3c2[C@H](CC(C)C)SCC(=O)N3)cc1. The number of carbonyl (C=O) groups excluding carboxylic acids is 1. The average molecular weight is 331 g/mol. The molecule has 5 nitrogen and oxygen atoms in total. The van der Waals surface area contributed by atoms with Gasteiger partial charge >= 0.3 is 0 Å². The zero-order valence-corrected chi connectivity index (χ0v) is 14.4. The van der Waals surface area contributed by atoms with E-state index in [9.17, 15) is 4.79 Å². The molecule has 0 radical (unpaired) electrons. The Labute approximate surface area is 140 Å². The van der Waals surface area contributed by atoms with Crippen molar-refractivity contribution in [3.63, 3.8) is 0 Å². The van der Waals surface area contributed by atoms with Crippen molar-refractivity contribution in [3.05, 3.63) is 36.3 Å². The fourth-order valence-corrected chi connectivity index (χ4v) is 4.07. The number of benzene rings is 1. The summed E-state index contributed by atoms with van der Waals surface area (Å²) in [6.45, 7) is 4.41. The van der Waals surface area contributed by atoms with Gasteiger partial charge in [0.1, 0.15) is 12.1 Å². The Morgan fingerprint density at radius 3 is 2.78 bits per heavy atom. The van der Waals surface area contributed by atoms with Gasteiger partial charge in [-0.2, -0.15) is 0 Å². The van der Waals surface area contributed by atoms with Gasteiger partial charge in [-0.1, -0.05) is 13.8 Å². The van der Waals surface area contributed by atoms with E-state index < -0.39 is 0 Å². The largest absolute Gasteiger partial charge is 0.497 e. The van der Waals surface area contributed by atoms with E-state index in [1.165, 1.54) is 0 Å². The number of hydrogen-bond acceptors (Lipinski definition) is 4. The Morgan fingerprint density at radius 2 is 2.13 bits per heavy atom. The van der Waals surface area contributed by atoms with Crippen LogP contribution >= 0.6 is 11.8 Å². The first kappa shape index (κ1) is 15.9. The molecule has 1 aliphatic heterocycles. The van der Waals surface area contributed by atoms with Crippen molar-refractivity contribution in [2.45, 2.75) is 25.5 Å². The Kier molecular flexibility index (Phi) is 4.61. The quantitative estimate of drug-likeness (QED) is 0.929. The predicted molar refractivity (Wildman–Crippen MR) is 93.4 cm³/mol. The number of hydrogen-bond donors (Lipinski definition) is 1. The Balaban J connectivity index is 2.03. The minimum absolute atomic E-state index is 0.0162. The molecule has 122 valence electrons. The maximum atomic E-state index is 11.9. The number of nitrogens with one attached hydrogen (secondary N) is 1. The molecule has 0 saturated carbocycles. The van der Waals surface area contributed by atoms with E-state index in [1.807, 2.05) is 24.3 Å².